The van der Waals surface area contributed by atoms with Gasteiger partial charge < -0.3 is 15.4 Å². The number of amides is 1. The topological polar surface area (TPSA) is 55.6 Å². The van der Waals surface area contributed by atoms with E-state index in [1.54, 1.807) is 4.90 Å². The first-order valence-corrected chi connectivity index (χ1v) is 6.27. The van der Waals surface area contributed by atoms with Crippen molar-refractivity contribution < 1.29 is 9.53 Å². The van der Waals surface area contributed by atoms with Crippen LogP contribution in [-0.4, -0.2) is 30.1 Å². The van der Waals surface area contributed by atoms with E-state index < -0.39 is 0 Å². The largest absolute Gasteiger partial charge is 0.415 e. The summed E-state index contributed by atoms with van der Waals surface area (Å²) in [6.07, 6.45) is 0.551. The van der Waals surface area contributed by atoms with Gasteiger partial charge in [-0.2, -0.15) is 0 Å². The maximum Gasteiger partial charge on any atom is 0.415 e. The lowest BCUT2D eigenvalue weighted by Crippen LogP contribution is -2.34. The Morgan fingerprint density at radius 1 is 1.28 bits per heavy atom. The van der Waals surface area contributed by atoms with Crippen molar-refractivity contribution >= 4 is 6.09 Å². The summed E-state index contributed by atoms with van der Waals surface area (Å²) < 4.78 is 5.44. The second-order valence-electron chi connectivity index (χ2n) is 5.06. The van der Waals surface area contributed by atoms with E-state index in [9.17, 15) is 4.79 Å². The molecule has 0 spiro atoms. The zero-order valence-electron chi connectivity index (χ0n) is 11.2. The Balaban J connectivity index is 2.09. The summed E-state index contributed by atoms with van der Waals surface area (Å²) in [5.74, 6) is 0.642. The van der Waals surface area contributed by atoms with E-state index >= 15 is 0 Å². The van der Waals surface area contributed by atoms with Gasteiger partial charge in [-0.3, -0.25) is 0 Å². The van der Waals surface area contributed by atoms with Gasteiger partial charge >= 0.3 is 6.09 Å². The molecule has 1 atom stereocenters. The average molecular weight is 248 g/mol. The zero-order valence-corrected chi connectivity index (χ0v) is 11.2. The Labute approximate surface area is 108 Å². The second kappa shape index (κ2) is 4.98. The lowest BCUT2D eigenvalue weighted by atomic mass is 10.1. The van der Waals surface area contributed by atoms with E-state index in [0.29, 0.717) is 18.8 Å². The maximum atomic E-state index is 12.0. The van der Waals surface area contributed by atoms with Crippen LogP contribution >= 0.6 is 0 Å². The number of nitrogens with two attached hydrogens (primary N) is 1. The first-order valence-electron chi connectivity index (χ1n) is 6.27. The molecule has 1 aromatic carbocycles. The minimum atomic E-state index is -0.297. The molecule has 1 heterocycles. The van der Waals surface area contributed by atoms with E-state index in [1.165, 1.54) is 5.56 Å². The van der Waals surface area contributed by atoms with E-state index in [2.05, 4.69) is 0 Å². The number of aryl methyl sites for hydroxylation is 3. The highest BCUT2D eigenvalue weighted by Crippen LogP contribution is 2.23. The molecule has 4 heteroatoms. The summed E-state index contributed by atoms with van der Waals surface area (Å²) in [6, 6.07) is 4.03. The Morgan fingerprint density at radius 2 is 1.94 bits per heavy atom. The molecule has 1 aliphatic rings. The van der Waals surface area contributed by atoms with Gasteiger partial charge in [-0.05, 0) is 49.9 Å². The first-order chi connectivity index (χ1) is 8.47. The predicted octanol–water partition coefficient (Wildman–Crippen LogP) is 2.14. The number of hydrogen-bond donors (Lipinski definition) is 1. The standard InChI is InChI=1S/C14H20N2O2/c1-9-6-11(3)13(7-10(9)2)18-14(17)16-5-4-12(15)8-16/h6-7,12H,4-5,8,15H2,1-3H3. The summed E-state index contributed by atoms with van der Waals surface area (Å²) in [5.41, 5.74) is 9.09. The summed E-state index contributed by atoms with van der Waals surface area (Å²) in [5, 5.41) is 0. The van der Waals surface area contributed by atoms with E-state index in [1.807, 2.05) is 32.9 Å². The fourth-order valence-electron chi connectivity index (χ4n) is 2.16. The van der Waals surface area contributed by atoms with Gasteiger partial charge in [0, 0.05) is 19.1 Å². The van der Waals surface area contributed by atoms with Crippen molar-refractivity contribution in [2.75, 3.05) is 13.1 Å². The number of nitrogens with zero attached hydrogens (tertiary/aromatic N) is 1. The smallest absolute Gasteiger partial charge is 0.410 e. The number of carbonyl (C=O) groups excluding carboxylic acids is 1. The highest BCUT2D eigenvalue weighted by Gasteiger charge is 2.25. The number of hydrogen-bond acceptors (Lipinski definition) is 3. The van der Waals surface area contributed by atoms with Gasteiger partial charge in [-0.1, -0.05) is 6.07 Å². The van der Waals surface area contributed by atoms with Crippen LogP contribution in [0.15, 0.2) is 12.1 Å². The number of likely N-dealkylation sites (tertiary alicyclic amines) is 1. The van der Waals surface area contributed by atoms with Crippen molar-refractivity contribution in [1.82, 2.24) is 4.90 Å². The van der Waals surface area contributed by atoms with E-state index in [-0.39, 0.29) is 12.1 Å². The Kier molecular flexibility index (Phi) is 3.57. The van der Waals surface area contributed by atoms with Crippen LogP contribution in [0.4, 0.5) is 4.79 Å². The van der Waals surface area contributed by atoms with Crippen molar-refractivity contribution in [2.24, 2.45) is 5.73 Å². The highest BCUT2D eigenvalue weighted by molar-refractivity contribution is 5.71. The molecule has 1 aliphatic heterocycles. The predicted molar refractivity (Wildman–Crippen MR) is 70.8 cm³/mol. The molecule has 0 radical (unpaired) electrons. The summed E-state index contributed by atoms with van der Waals surface area (Å²) in [7, 11) is 0. The lowest BCUT2D eigenvalue weighted by molar-refractivity contribution is 0.162. The molecule has 1 saturated heterocycles. The monoisotopic (exact) mass is 248 g/mol. The zero-order chi connectivity index (χ0) is 13.3. The summed E-state index contributed by atoms with van der Waals surface area (Å²) in [6.45, 7) is 7.28. The van der Waals surface area contributed by atoms with Crippen LogP contribution in [0.1, 0.15) is 23.1 Å². The molecule has 2 N–H and O–H groups in total. The van der Waals surface area contributed by atoms with E-state index in [4.69, 9.17) is 10.5 Å². The van der Waals surface area contributed by atoms with Gasteiger partial charge in [0.15, 0.2) is 0 Å². The number of ether oxygens (including phenoxy) is 1. The molecule has 1 aromatic rings. The third kappa shape index (κ3) is 2.64. The van der Waals surface area contributed by atoms with Crippen molar-refractivity contribution in [3.05, 3.63) is 28.8 Å². The molecule has 0 aliphatic carbocycles. The molecule has 1 amide bonds. The van der Waals surface area contributed by atoms with Crippen molar-refractivity contribution in [3.63, 3.8) is 0 Å². The molecule has 2 rings (SSSR count). The van der Waals surface area contributed by atoms with Crippen LogP contribution in [0.25, 0.3) is 0 Å². The average Bonchev–Trinajstić information content (AvgIpc) is 2.73. The molecule has 4 nitrogen and oxygen atoms in total. The third-order valence-electron chi connectivity index (χ3n) is 3.47. The summed E-state index contributed by atoms with van der Waals surface area (Å²) >= 11 is 0. The van der Waals surface area contributed by atoms with Gasteiger partial charge in [-0.15, -0.1) is 0 Å². The van der Waals surface area contributed by atoms with Crippen molar-refractivity contribution in [2.45, 2.75) is 33.2 Å². The van der Waals surface area contributed by atoms with Gasteiger partial charge in [0.05, 0.1) is 0 Å². The first kappa shape index (κ1) is 12.9. The Morgan fingerprint density at radius 3 is 2.56 bits per heavy atom. The van der Waals surface area contributed by atoms with Crippen LogP contribution in [-0.2, 0) is 0 Å². The highest BCUT2D eigenvalue weighted by atomic mass is 16.6. The molecule has 18 heavy (non-hydrogen) atoms. The van der Waals surface area contributed by atoms with Crippen LogP contribution in [0.2, 0.25) is 0 Å². The molecule has 0 saturated carbocycles. The second-order valence-corrected chi connectivity index (χ2v) is 5.06. The lowest BCUT2D eigenvalue weighted by Gasteiger charge is -2.17. The fraction of sp³-hybridized carbons (Fsp3) is 0.500. The van der Waals surface area contributed by atoms with Crippen molar-refractivity contribution in [3.8, 4) is 5.75 Å². The SMILES string of the molecule is Cc1cc(C)c(OC(=O)N2CCC(N)C2)cc1C. The molecule has 98 valence electrons. The number of carbonyl (C=O) groups is 1. The minimum Gasteiger partial charge on any atom is -0.410 e. The molecule has 1 unspecified atom stereocenters. The van der Waals surface area contributed by atoms with Gasteiger partial charge in [0.25, 0.3) is 0 Å². The van der Waals surface area contributed by atoms with Gasteiger partial charge in [-0.25, -0.2) is 4.79 Å². The van der Waals surface area contributed by atoms with Gasteiger partial charge in [0.2, 0.25) is 0 Å². The Hall–Kier alpha value is -1.55. The normalized spacial score (nSPS) is 19.1. The summed E-state index contributed by atoms with van der Waals surface area (Å²) in [4.78, 5) is 13.6. The number of benzene rings is 1. The van der Waals surface area contributed by atoms with Gasteiger partial charge in [0.1, 0.15) is 5.75 Å². The van der Waals surface area contributed by atoms with Crippen LogP contribution in [0.3, 0.4) is 0 Å². The van der Waals surface area contributed by atoms with Crippen LogP contribution in [0, 0.1) is 20.8 Å². The molecule has 0 aromatic heterocycles. The van der Waals surface area contributed by atoms with Crippen LogP contribution < -0.4 is 10.5 Å². The molecule has 1 fully saturated rings. The maximum absolute atomic E-state index is 12.0. The molecular formula is C14H20N2O2. The minimum absolute atomic E-state index is 0.0819. The number of rotatable bonds is 1. The molecular weight excluding hydrogens is 228 g/mol. The Bertz CT molecular complexity index is 471. The van der Waals surface area contributed by atoms with E-state index in [0.717, 1.165) is 17.5 Å². The molecule has 0 bridgehead atoms. The van der Waals surface area contributed by atoms with Crippen LogP contribution in [0.5, 0.6) is 5.75 Å². The van der Waals surface area contributed by atoms with Crippen molar-refractivity contribution in [1.29, 1.82) is 0 Å². The fourth-order valence-corrected chi connectivity index (χ4v) is 2.16. The third-order valence-corrected chi connectivity index (χ3v) is 3.47. The quantitative estimate of drug-likeness (QED) is 0.828.